The lowest BCUT2D eigenvalue weighted by Crippen LogP contribution is -2.30. The zero-order valence-corrected chi connectivity index (χ0v) is 11.2. The Bertz CT molecular complexity index is 237. The van der Waals surface area contributed by atoms with Crippen LogP contribution in [0.25, 0.3) is 0 Å². The molecule has 0 bridgehead atoms. The first-order valence-corrected chi connectivity index (χ1v) is 7.26. The summed E-state index contributed by atoms with van der Waals surface area (Å²) >= 11 is 1.79. The summed E-state index contributed by atoms with van der Waals surface area (Å²) in [6, 6.07) is -0.754. The number of aliphatic carboxylic acids is 1. The molecule has 1 unspecified atom stereocenters. The van der Waals surface area contributed by atoms with E-state index in [1.165, 1.54) is 0 Å². The third kappa shape index (κ3) is 10.1. The molecule has 0 aliphatic carbocycles. The Hall–Kier alpha value is -0.750. The Labute approximate surface area is 107 Å². The minimum atomic E-state index is -0.942. The van der Waals surface area contributed by atoms with Gasteiger partial charge in [0.1, 0.15) is 6.04 Å². The number of unbranched alkanes of at least 4 members (excludes halogenated alkanes) is 1. The van der Waals surface area contributed by atoms with E-state index >= 15 is 0 Å². The monoisotopic (exact) mass is 261 g/mol. The molecule has 6 heteroatoms. The number of rotatable bonds is 10. The molecule has 17 heavy (non-hydrogen) atoms. The van der Waals surface area contributed by atoms with Crippen LogP contribution in [0.1, 0.15) is 32.1 Å². The molecule has 0 aromatic heterocycles. The van der Waals surface area contributed by atoms with Crippen LogP contribution < -0.4 is 11.1 Å². The normalized spacial score (nSPS) is 12.1. The Morgan fingerprint density at radius 3 is 2.76 bits per heavy atom. The van der Waals surface area contributed by atoms with Gasteiger partial charge in [-0.05, 0) is 37.7 Å². The number of amidine groups is 1. The van der Waals surface area contributed by atoms with Gasteiger partial charge in [-0.3, -0.25) is 10.2 Å². The summed E-state index contributed by atoms with van der Waals surface area (Å²) in [4.78, 5) is 10.4. The second-order valence-electron chi connectivity index (χ2n) is 3.94. The maximum absolute atomic E-state index is 10.4. The Morgan fingerprint density at radius 2 is 2.18 bits per heavy atom. The molecular weight excluding hydrogens is 238 g/mol. The summed E-state index contributed by atoms with van der Waals surface area (Å²) in [7, 11) is 0. The fourth-order valence-electron chi connectivity index (χ4n) is 1.33. The van der Waals surface area contributed by atoms with Crippen molar-refractivity contribution in [2.45, 2.75) is 38.1 Å². The molecule has 0 saturated carbocycles. The summed E-state index contributed by atoms with van der Waals surface area (Å²) < 4.78 is 0. The second kappa shape index (κ2) is 10.4. The number of carboxylic acid groups (broad SMARTS) is 1. The molecule has 0 heterocycles. The van der Waals surface area contributed by atoms with Gasteiger partial charge >= 0.3 is 5.97 Å². The highest BCUT2D eigenvalue weighted by atomic mass is 32.2. The van der Waals surface area contributed by atoms with Gasteiger partial charge in [-0.2, -0.15) is 11.8 Å². The van der Waals surface area contributed by atoms with E-state index in [0.29, 0.717) is 12.3 Å². The average Bonchev–Trinajstić information content (AvgIpc) is 2.28. The van der Waals surface area contributed by atoms with Gasteiger partial charge < -0.3 is 16.2 Å². The highest BCUT2D eigenvalue weighted by Crippen LogP contribution is 2.00. The van der Waals surface area contributed by atoms with Crippen molar-refractivity contribution < 1.29 is 9.90 Å². The third-order valence-electron chi connectivity index (χ3n) is 2.37. The molecule has 0 aromatic carbocycles. The Kier molecular flexibility index (Phi) is 9.95. The van der Waals surface area contributed by atoms with Crippen LogP contribution >= 0.6 is 11.8 Å². The summed E-state index contributed by atoms with van der Waals surface area (Å²) in [5.74, 6) is 0.710. The van der Waals surface area contributed by atoms with Crippen molar-refractivity contribution in [3.05, 3.63) is 0 Å². The molecule has 100 valence electrons. The Balaban J connectivity index is 3.33. The van der Waals surface area contributed by atoms with E-state index in [-0.39, 0.29) is 0 Å². The van der Waals surface area contributed by atoms with Crippen LogP contribution in [0.15, 0.2) is 0 Å². The van der Waals surface area contributed by atoms with Gasteiger partial charge in [-0.25, -0.2) is 0 Å². The topological polar surface area (TPSA) is 99.2 Å². The van der Waals surface area contributed by atoms with E-state index in [1.54, 1.807) is 11.8 Å². The van der Waals surface area contributed by atoms with E-state index in [2.05, 4.69) is 11.6 Å². The van der Waals surface area contributed by atoms with Crippen LogP contribution in [0.3, 0.4) is 0 Å². The predicted molar refractivity (Wildman–Crippen MR) is 72.8 cm³/mol. The maximum atomic E-state index is 10.4. The molecule has 1 atom stereocenters. The quantitative estimate of drug-likeness (QED) is 0.270. The molecule has 0 aromatic rings. The minimum absolute atomic E-state index is 0.497. The fourth-order valence-corrected chi connectivity index (χ4v) is 1.77. The molecule has 0 spiro atoms. The summed E-state index contributed by atoms with van der Waals surface area (Å²) in [6.45, 7) is 0.727. The zero-order valence-electron chi connectivity index (χ0n) is 10.4. The maximum Gasteiger partial charge on any atom is 0.320 e. The highest BCUT2D eigenvalue weighted by molar-refractivity contribution is 7.98. The van der Waals surface area contributed by atoms with E-state index < -0.39 is 12.0 Å². The molecule has 0 fully saturated rings. The molecule has 0 aliphatic rings. The van der Waals surface area contributed by atoms with Crippen LogP contribution in [0.5, 0.6) is 0 Å². The van der Waals surface area contributed by atoms with Gasteiger partial charge in [-0.1, -0.05) is 0 Å². The van der Waals surface area contributed by atoms with Crippen molar-refractivity contribution in [3.8, 4) is 0 Å². The van der Waals surface area contributed by atoms with Crippen molar-refractivity contribution in [2.24, 2.45) is 5.73 Å². The number of nitrogens with one attached hydrogen (secondary N) is 2. The van der Waals surface area contributed by atoms with Crippen molar-refractivity contribution in [1.29, 1.82) is 5.41 Å². The van der Waals surface area contributed by atoms with Crippen LogP contribution in [0.4, 0.5) is 0 Å². The third-order valence-corrected chi connectivity index (χ3v) is 3.07. The van der Waals surface area contributed by atoms with Crippen LogP contribution in [-0.2, 0) is 4.79 Å². The lowest BCUT2D eigenvalue weighted by Gasteiger charge is -2.08. The minimum Gasteiger partial charge on any atom is -0.480 e. The van der Waals surface area contributed by atoms with Crippen molar-refractivity contribution in [3.63, 3.8) is 0 Å². The van der Waals surface area contributed by atoms with Gasteiger partial charge in [0.15, 0.2) is 0 Å². The average molecular weight is 261 g/mol. The smallest absolute Gasteiger partial charge is 0.320 e. The lowest BCUT2D eigenvalue weighted by molar-refractivity contribution is -0.138. The molecule has 0 saturated heterocycles. The van der Waals surface area contributed by atoms with E-state index in [4.69, 9.17) is 16.2 Å². The SMILES string of the molecule is CSCCCC(=N)NCCCCC(N)C(=O)O. The molecule has 5 N–H and O–H groups in total. The lowest BCUT2D eigenvalue weighted by atomic mass is 10.1. The first kappa shape index (κ1) is 16.2. The number of carbonyl (C=O) groups is 1. The molecule has 0 radical (unpaired) electrons. The second-order valence-corrected chi connectivity index (χ2v) is 4.93. The van der Waals surface area contributed by atoms with E-state index in [1.807, 2.05) is 0 Å². The van der Waals surface area contributed by atoms with Gasteiger partial charge in [-0.15, -0.1) is 0 Å². The standard InChI is InChI=1S/C11H23N3O2S/c1-17-8-4-6-10(13)14-7-3-2-5-9(12)11(15)16/h9H,2-8,12H2,1H3,(H2,13,14)(H,15,16). The first-order valence-electron chi connectivity index (χ1n) is 5.86. The van der Waals surface area contributed by atoms with Crippen LogP contribution in [0, 0.1) is 5.41 Å². The largest absolute Gasteiger partial charge is 0.480 e. The van der Waals surface area contributed by atoms with E-state index in [9.17, 15) is 4.79 Å². The molecule has 0 aliphatic heterocycles. The molecule has 0 rings (SSSR count). The number of hydrogen-bond acceptors (Lipinski definition) is 4. The Morgan fingerprint density at radius 1 is 1.47 bits per heavy atom. The van der Waals surface area contributed by atoms with Crippen molar-refractivity contribution in [2.75, 3.05) is 18.6 Å². The molecule has 0 amide bonds. The fraction of sp³-hybridized carbons (Fsp3) is 0.818. The summed E-state index contributed by atoms with van der Waals surface area (Å²) in [5.41, 5.74) is 5.38. The first-order chi connectivity index (χ1) is 8.07. The van der Waals surface area contributed by atoms with Crippen molar-refractivity contribution in [1.82, 2.24) is 5.32 Å². The van der Waals surface area contributed by atoms with Gasteiger partial charge in [0, 0.05) is 13.0 Å². The summed E-state index contributed by atoms with van der Waals surface area (Å²) in [6.07, 6.45) is 6.00. The van der Waals surface area contributed by atoms with Gasteiger partial charge in [0.25, 0.3) is 0 Å². The predicted octanol–water partition coefficient (Wildman–Crippen LogP) is 1.28. The van der Waals surface area contributed by atoms with Gasteiger partial charge in [0.2, 0.25) is 0 Å². The number of carboxylic acids is 1. The number of thioether (sulfide) groups is 1. The molecular formula is C11H23N3O2S. The van der Waals surface area contributed by atoms with Crippen LogP contribution in [0.2, 0.25) is 0 Å². The van der Waals surface area contributed by atoms with Gasteiger partial charge in [0.05, 0.1) is 5.84 Å². The zero-order chi connectivity index (χ0) is 13.1. The highest BCUT2D eigenvalue weighted by Gasteiger charge is 2.09. The summed E-state index contributed by atoms with van der Waals surface area (Å²) in [5, 5.41) is 19.2. The number of nitrogens with two attached hydrogens (primary N) is 1. The molecule has 5 nitrogen and oxygen atoms in total. The number of hydrogen-bond donors (Lipinski definition) is 4. The van der Waals surface area contributed by atoms with Crippen LogP contribution in [-0.4, -0.2) is 41.5 Å². The van der Waals surface area contributed by atoms with Crippen molar-refractivity contribution >= 4 is 23.6 Å². The van der Waals surface area contributed by atoms with E-state index in [0.717, 1.165) is 38.0 Å².